The topological polar surface area (TPSA) is 18.5 Å². The van der Waals surface area contributed by atoms with Crippen LogP contribution in [0, 0.1) is 5.41 Å². The SMILES string of the molecule is CC1(COc2cccc(Br)c2)COC1. The van der Waals surface area contributed by atoms with Crippen molar-refractivity contribution in [2.45, 2.75) is 6.92 Å². The van der Waals surface area contributed by atoms with Crippen LogP contribution in [0.25, 0.3) is 0 Å². The fraction of sp³-hybridized carbons (Fsp3) is 0.455. The molecule has 1 fully saturated rings. The van der Waals surface area contributed by atoms with Crippen LogP contribution in [0.3, 0.4) is 0 Å². The molecule has 0 radical (unpaired) electrons. The van der Waals surface area contributed by atoms with Crippen molar-refractivity contribution >= 4 is 15.9 Å². The Bertz CT molecular complexity index is 321. The van der Waals surface area contributed by atoms with Crippen LogP contribution in [0.15, 0.2) is 28.7 Å². The average Bonchev–Trinajstić information content (AvgIpc) is 2.12. The Kier molecular flexibility index (Phi) is 2.79. The van der Waals surface area contributed by atoms with Gasteiger partial charge in [-0.25, -0.2) is 0 Å². The monoisotopic (exact) mass is 256 g/mol. The Morgan fingerprint density at radius 3 is 2.86 bits per heavy atom. The molecule has 1 aliphatic rings. The van der Waals surface area contributed by atoms with Crippen LogP contribution in [0.2, 0.25) is 0 Å². The van der Waals surface area contributed by atoms with E-state index in [0.29, 0.717) is 0 Å². The Labute approximate surface area is 92.3 Å². The quantitative estimate of drug-likeness (QED) is 0.828. The molecule has 1 aromatic rings. The first kappa shape index (κ1) is 9.99. The lowest BCUT2D eigenvalue weighted by Gasteiger charge is -2.37. The molecule has 76 valence electrons. The molecule has 0 saturated carbocycles. The molecule has 0 aromatic heterocycles. The van der Waals surface area contributed by atoms with Gasteiger partial charge < -0.3 is 9.47 Å². The van der Waals surface area contributed by atoms with E-state index in [2.05, 4.69) is 22.9 Å². The molecule has 3 heteroatoms. The van der Waals surface area contributed by atoms with Crippen LogP contribution in [-0.4, -0.2) is 19.8 Å². The van der Waals surface area contributed by atoms with Crippen molar-refractivity contribution in [1.82, 2.24) is 0 Å². The molecular weight excluding hydrogens is 244 g/mol. The zero-order chi connectivity index (χ0) is 10.0. The Hall–Kier alpha value is -0.540. The van der Waals surface area contributed by atoms with Crippen molar-refractivity contribution in [3.63, 3.8) is 0 Å². The fourth-order valence-corrected chi connectivity index (χ4v) is 1.73. The van der Waals surface area contributed by atoms with Gasteiger partial charge in [-0.2, -0.15) is 0 Å². The summed E-state index contributed by atoms with van der Waals surface area (Å²) in [4.78, 5) is 0. The molecule has 1 saturated heterocycles. The van der Waals surface area contributed by atoms with Crippen LogP contribution in [0.1, 0.15) is 6.92 Å². The molecule has 0 aliphatic carbocycles. The normalized spacial score (nSPS) is 18.7. The van der Waals surface area contributed by atoms with E-state index in [1.165, 1.54) is 0 Å². The number of benzene rings is 1. The number of hydrogen-bond donors (Lipinski definition) is 0. The highest BCUT2D eigenvalue weighted by atomic mass is 79.9. The predicted molar refractivity (Wildman–Crippen MR) is 58.6 cm³/mol. The summed E-state index contributed by atoms with van der Waals surface area (Å²) in [5.41, 5.74) is 0.211. The number of hydrogen-bond acceptors (Lipinski definition) is 2. The van der Waals surface area contributed by atoms with E-state index in [-0.39, 0.29) is 5.41 Å². The first-order chi connectivity index (χ1) is 6.68. The zero-order valence-corrected chi connectivity index (χ0v) is 9.71. The Morgan fingerprint density at radius 2 is 2.29 bits per heavy atom. The Balaban J connectivity index is 1.91. The largest absolute Gasteiger partial charge is 0.493 e. The summed E-state index contributed by atoms with van der Waals surface area (Å²) in [6, 6.07) is 7.90. The van der Waals surface area contributed by atoms with Gasteiger partial charge in [-0.1, -0.05) is 28.9 Å². The van der Waals surface area contributed by atoms with Crippen molar-refractivity contribution in [2.24, 2.45) is 5.41 Å². The van der Waals surface area contributed by atoms with Crippen molar-refractivity contribution < 1.29 is 9.47 Å². The maximum Gasteiger partial charge on any atom is 0.120 e. The van der Waals surface area contributed by atoms with Crippen LogP contribution >= 0.6 is 15.9 Å². The van der Waals surface area contributed by atoms with Crippen LogP contribution < -0.4 is 4.74 Å². The summed E-state index contributed by atoms with van der Waals surface area (Å²) in [7, 11) is 0. The first-order valence-electron chi connectivity index (χ1n) is 4.64. The van der Waals surface area contributed by atoms with Gasteiger partial charge in [0.25, 0.3) is 0 Å². The Morgan fingerprint density at radius 1 is 1.50 bits per heavy atom. The maximum atomic E-state index is 5.68. The van der Waals surface area contributed by atoms with Crippen LogP contribution in [0.5, 0.6) is 5.75 Å². The third-order valence-electron chi connectivity index (χ3n) is 2.28. The molecule has 0 unspecified atom stereocenters. The number of halogens is 1. The molecule has 0 atom stereocenters. The molecule has 0 bridgehead atoms. The second-order valence-corrected chi connectivity index (χ2v) is 4.97. The van der Waals surface area contributed by atoms with Gasteiger partial charge in [-0.15, -0.1) is 0 Å². The molecule has 0 spiro atoms. The number of rotatable bonds is 3. The van der Waals surface area contributed by atoms with Crippen molar-refractivity contribution in [2.75, 3.05) is 19.8 Å². The van der Waals surface area contributed by atoms with Gasteiger partial charge in [0.05, 0.1) is 19.8 Å². The van der Waals surface area contributed by atoms with Crippen molar-refractivity contribution in [3.05, 3.63) is 28.7 Å². The lowest BCUT2D eigenvalue weighted by molar-refractivity contribution is -0.120. The second kappa shape index (κ2) is 3.91. The molecule has 2 rings (SSSR count). The highest BCUT2D eigenvalue weighted by Crippen LogP contribution is 2.28. The lowest BCUT2D eigenvalue weighted by atomic mass is 9.90. The van der Waals surface area contributed by atoms with Crippen molar-refractivity contribution in [3.8, 4) is 5.75 Å². The predicted octanol–water partition coefficient (Wildman–Crippen LogP) is 2.86. The molecule has 1 aliphatic heterocycles. The summed E-state index contributed by atoms with van der Waals surface area (Å²) in [6.45, 7) is 4.51. The van der Waals surface area contributed by atoms with Gasteiger partial charge >= 0.3 is 0 Å². The van der Waals surface area contributed by atoms with Gasteiger partial charge in [0.15, 0.2) is 0 Å². The number of ether oxygens (including phenoxy) is 2. The minimum absolute atomic E-state index is 0.211. The van der Waals surface area contributed by atoms with E-state index in [4.69, 9.17) is 9.47 Å². The average molecular weight is 257 g/mol. The van der Waals surface area contributed by atoms with Crippen LogP contribution in [-0.2, 0) is 4.74 Å². The molecule has 14 heavy (non-hydrogen) atoms. The van der Waals surface area contributed by atoms with Gasteiger partial charge in [0, 0.05) is 9.89 Å². The molecule has 0 amide bonds. The summed E-state index contributed by atoms with van der Waals surface area (Å²) < 4.78 is 11.9. The van der Waals surface area contributed by atoms with Gasteiger partial charge in [-0.05, 0) is 18.2 Å². The highest BCUT2D eigenvalue weighted by molar-refractivity contribution is 9.10. The van der Waals surface area contributed by atoms with Gasteiger partial charge in [-0.3, -0.25) is 0 Å². The summed E-state index contributed by atoms with van der Waals surface area (Å²) >= 11 is 3.41. The molecular formula is C11H13BrO2. The third kappa shape index (κ3) is 2.28. The smallest absolute Gasteiger partial charge is 0.120 e. The minimum Gasteiger partial charge on any atom is -0.493 e. The van der Waals surface area contributed by atoms with Crippen LogP contribution in [0.4, 0.5) is 0 Å². The van der Waals surface area contributed by atoms with E-state index in [0.717, 1.165) is 30.0 Å². The van der Waals surface area contributed by atoms with E-state index < -0.39 is 0 Å². The summed E-state index contributed by atoms with van der Waals surface area (Å²) in [5.74, 6) is 0.910. The van der Waals surface area contributed by atoms with Gasteiger partial charge in [0.2, 0.25) is 0 Å². The third-order valence-corrected chi connectivity index (χ3v) is 2.78. The highest BCUT2D eigenvalue weighted by Gasteiger charge is 2.34. The van der Waals surface area contributed by atoms with E-state index in [9.17, 15) is 0 Å². The second-order valence-electron chi connectivity index (χ2n) is 4.05. The minimum atomic E-state index is 0.211. The standard InChI is InChI=1S/C11H13BrO2/c1-11(6-13-7-11)8-14-10-4-2-3-9(12)5-10/h2-5H,6-8H2,1H3. The molecule has 1 aromatic carbocycles. The molecule has 0 N–H and O–H groups in total. The maximum absolute atomic E-state index is 5.68. The van der Waals surface area contributed by atoms with E-state index >= 15 is 0 Å². The van der Waals surface area contributed by atoms with E-state index in [1.54, 1.807) is 0 Å². The van der Waals surface area contributed by atoms with E-state index in [1.807, 2.05) is 24.3 Å². The molecule has 2 nitrogen and oxygen atoms in total. The zero-order valence-electron chi connectivity index (χ0n) is 8.13. The summed E-state index contributed by atoms with van der Waals surface area (Å²) in [5, 5.41) is 0. The first-order valence-corrected chi connectivity index (χ1v) is 5.43. The fourth-order valence-electron chi connectivity index (χ4n) is 1.35. The van der Waals surface area contributed by atoms with Gasteiger partial charge in [0.1, 0.15) is 5.75 Å². The molecule has 1 heterocycles. The van der Waals surface area contributed by atoms with Crippen molar-refractivity contribution in [1.29, 1.82) is 0 Å². The summed E-state index contributed by atoms with van der Waals surface area (Å²) in [6.07, 6.45) is 0. The lowest BCUT2D eigenvalue weighted by Crippen LogP contribution is -2.44.